The van der Waals surface area contributed by atoms with Crippen molar-refractivity contribution in [2.45, 2.75) is 45.4 Å². The van der Waals surface area contributed by atoms with E-state index < -0.39 is 0 Å². The summed E-state index contributed by atoms with van der Waals surface area (Å²) in [5.74, 6) is 1.10. The first-order valence-corrected chi connectivity index (χ1v) is 6.09. The average Bonchev–Trinajstić information content (AvgIpc) is 2.02. The summed E-state index contributed by atoms with van der Waals surface area (Å²) < 4.78 is 0.587. The monoisotopic (exact) mass is 229 g/mol. The van der Waals surface area contributed by atoms with Gasteiger partial charge in [-0.3, -0.25) is 0 Å². The Morgan fingerprint density at radius 2 is 1.69 bits per heavy atom. The van der Waals surface area contributed by atoms with Crippen molar-refractivity contribution in [3.05, 3.63) is 0 Å². The minimum absolute atomic E-state index is 0. The fourth-order valence-electron chi connectivity index (χ4n) is 1.06. The molecule has 0 aliphatic heterocycles. The molecule has 0 saturated heterocycles. The maximum atomic E-state index is 5.35. The zero-order chi connectivity index (χ0) is 9.23. The second kappa shape index (κ2) is 13.2. The molecule has 0 saturated carbocycles. The number of rotatable bonds is 7. The van der Waals surface area contributed by atoms with Gasteiger partial charge in [0, 0.05) is 5.75 Å². The molecule has 0 radical (unpaired) electrons. The fourth-order valence-corrected chi connectivity index (χ4v) is 1.85. The summed E-state index contributed by atoms with van der Waals surface area (Å²) in [6, 6.07) is 0. The van der Waals surface area contributed by atoms with Crippen LogP contribution in [0.3, 0.4) is 0 Å². The number of nitrogens with two attached hydrogens (primary N) is 1. The van der Waals surface area contributed by atoms with Crippen LogP contribution in [0, 0.1) is 0 Å². The molecule has 0 aromatic heterocycles. The molecule has 13 heavy (non-hydrogen) atoms. The quantitative estimate of drug-likeness (QED) is 0.413. The van der Waals surface area contributed by atoms with E-state index in [4.69, 9.17) is 18.0 Å². The minimum atomic E-state index is 0. The Morgan fingerprint density at radius 1 is 1.15 bits per heavy atom. The van der Waals surface area contributed by atoms with Crippen LogP contribution in [0.5, 0.6) is 0 Å². The molecule has 0 aliphatic carbocycles. The van der Waals surface area contributed by atoms with Gasteiger partial charge in [-0.25, -0.2) is 0 Å². The SMILES string of the molecule is CCCCCCCCSC(N)=S.[NaH]. The van der Waals surface area contributed by atoms with Gasteiger partial charge in [-0.15, -0.1) is 0 Å². The van der Waals surface area contributed by atoms with Crippen molar-refractivity contribution in [1.29, 1.82) is 0 Å². The molecule has 0 aliphatic rings. The summed E-state index contributed by atoms with van der Waals surface area (Å²) in [4.78, 5) is 0. The summed E-state index contributed by atoms with van der Waals surface area (Å²) in [5.41, 5.74) is 5.35. The van der Waals surface area contributed by atoms with Crippen molar-refractivity contribution in [2.75, 3.05) is 5.75 Å². The summed E-state index contributed by atoms with van der Waals surface area (Å²) >= 11 is 6.36. The van der Waals surface area contributed by atoms with Crippen LogP contribution in [0.15, 0.2) is 0 Å². The molecule has 0 fully saturated rings. The second-order valence-corrected chi connectivity index (χ2v) is 4.77. The van der Waals surface area contributed by atoms with E-state index in [1.165, 1.54) is 38.5 Å². The molecule has 0 bridgehead atoms. The fraction of sp³-hybridized carbons (Fsp3) is 0.889. The first-order valence-electron chi connectivity index (χ1n) is 4.69. The molecule has 0 aromatic carbocycles. The summed E-state index contributed by atoms with van der Waals surface area (Å²) in [6.45, 7) is 2.24. The van der Waals surface area contributed by atoms with E-state index in [9.17, 15) is 0 Å². The van der Waals surface area contributed by atoms with E-state index in [2.05, 4.69) is 6.92 Å². The van der Waals surface area contributed by atoms with Crippen molar-refractivity contribution < 1.29 is 0 Å². The standard InChI is InChI=1S/C9H19NS2.Na.H/c1-2-3-4-5-6-7-8-12-9(10)11;;/h2-8H2,1H3,(H2,10,11);;. The van der Waals surface area contributed by atoms with Gasteiger partial charge in [-0.1, -0.05) is 63.0 Å². The normalized spacial score (nSPS) is 9.31. The van der Waals surface area contributed by atoms with Crippen LogP contribution in [0.1, 0.15) is 45.4 Å². The van der Waals surface area contributed by atoms with Crippen LogP contribution in [0.25, 0.3) is 0 Å². The van der Waals surface area contributed by atoms with Crippen molar-refractivity contribution in [3.63, 3.8) is 0 Å². The topological polar surface area (TPSA) is 26.0 Å². The third kappa shape index (κ3) is 16.0. The number of thioether (sulfide) groups is 1. The molecule has 0 heterocycles. The van der Waals surface area contributed by atoms with Crippen molar-refractivity contribution >= 4 is 57.9 Å². The number of unbranched alkanes of at least 4 members (excludes halogenated alkanes) is 5. The Morgan fingerprint density at radius 3 is 2.23 bits per heavy atom. The van der Waals surface area contributed by atoms with Gasteiger partial charge >= 0.3 is 29.6 Å². The Hall–Kier alpha value is 1.24. The first-order chi connectivity index (χ1) is 5.77. The van der Waals surface area contributed by atoms with E-state index >= 15 is 0 Å². The molecule has 0 unspecified atom stereocenters. The molecule has 4 heteroatoms. The van der Waals surface area contributed by atoms with Gasteiger partial charge in [0.15, 0.2) is 0 Å². The van der Waals surface area contributed by atoms with Crippen molar-refractivity contribution in [1.82, 2.24) is 0 Å². The van der Waals surface area contributed by atoms with Crippen molar-refractivity contribution in [2.24, 2.45) is 5.73 Å². The van der Waals surface area contributed by atoms with E-state index in [0.717, 1.165) is 5.75 Å². The third-order valence-electron chi connectivity index (χ3n) is 1.74. The molecule has 1 nitrogen and oxygen atoms in total. The van der Waals surface area contributed by atoms with E-state index in [1.54, 1.807) is 11.8 Å². The number of hydrogen-bond donors (Lipinski definition) is 1. The van der Waals surface area contributed by atoms with Crippen LogP contribution in [0.2, 0.25) is 0 Å². The van der Waals surface area contributed by atoms with Crippen LogP contribution in [-0.2, 0) is 0 Å². The number of thiocarbonyl (C=S) groups is 1. The molecular weight excluding hydrogens is 209 g/mol. The average molecular weight is 229 g/mol. The van der Waals surface area contributed by atoms with Gasteiger partial charge in [0.2, 0.25) is 0 Å². The van der Waals surface area contributed by atoms with Crippen LogP contribution < -0.4 is 5.73 Å². The maximum absolute atomic E-state index is 5.35. The molecule has 0 atom stereocenters. The summed E-state index contributed by atoms with van der Waals surface area (Å²) in [6.07, 6.45) is 8.03. The van der Waals surface area contributed by atoms with Crippen LogP contribution >= 0.6 is 24.0 Å². The zero-order valence-corrected chi connectivity index (χ0v) is 9.48. The van der Waals surface area contributed by atoms with Gasteiger partial charge in [0.25, 0.3) is 0 Å². The molecule has 0 aromatic rings. The Bertz CT molecular complexity index is 120. The Balaban J connectivity index is 0. The van der Waals surface area contributed by atoms with Gasteiger partial charge < -0.3 is 5.73 Å². The molecule has 0 rings (SSSR count). The van der Waals surface area contributed by atoms with Gasteiger partial charge in [0.1, 0.15) is 4.32 Å². The number of hydrogen-bond acceptors (Lipinski definition) is 2. The van der Waals surface area contributed by atoms with E-state index in [1.807, 2.05) is 0 Å². The Labute approximate surface area is 114 Å². The van der Waals surface area contributed by atoms with Crippen molar-refractivity contribution in [3.8, 4) is 0 Å². The van der Waals surface area contributed by atoms with Crippen LogP contribution in [-0.4, -0.2) is 39.6 Å². The predicted octanol–water partition coefficient (Wildman–Crippen LogP) is 2.68. The van der Waals surface area contributed by atoms with Gasteiger partial charge in [-0.2, -0.15) is 0 Å². The molecule has 0 spiro atoms. The predicted molar refractivity (Wildman–Crippen MR) is 69.8 cm³/mol. The molecule has 0 amide bonds. The Kier molecular flexibility index (Phi) is 17.0. The third-order valence-corrected chi connectivity index (χ3v) is 2.87. The zero-order valence-electron chi connectivity index (χ0n) is 7.84. The molecule has 2 N–H and O–H groups in total. The van der Waals surface area contributed by atoms with Gasteiger partial charge in [0.05, 0.1) is 0 Å². The second-order valence-electron chi connectivity index (χ2n) is 2.94. The summed E-state index contributed by atoms with van der Waals surface area (Å²) in [5, 5.41) is 0. The first kappa shape index (κ1) is 16.7. The summed E-state index contributed by atoms with van der Waals surface area (Å²) in [7, 11) is 0. The van der Waals surface area contributed by atoms with Gasteiger partial charge in [-0.05, 0) is 6.42 Å². The molecule has 74 valence electrons. The van der Waals surface area contributed by atoms with Crippen LogP contribution in [0.4, 0.5) is 0 Å². The molecular formula is C9H20NNaS2. The van der Waals surface area contributed by atoms with E-state index in [-0.39, 0.29) is 29.6 Å². The van der Waals surface area contributed by atoms with E-state index in [0.29, 0.717) is 4.32 Å².